The van der Waals surface area contributed by atoms with Crippen LogP contribution in [0.15, 0.2) is 27.6 Å². The van der Waals surface area contributed by atoms with Crippen LogP contribution in [-0.2, 0) is 19.6 Å². The van der Waals surface area contributed by atoms with Crippen LogP contribution < -0.4 is 10.0 Å². The molecule has 1 amide bonds. The Morgan fingerprint density at radius 2 is 1.86 bits per heavy atom. The Bertz CT molecular complexity index is 688. The van der Waals surface area contributed by atoms with E-state index in [2.05, 4.69) is 26.0 Å². The third kappa shape index (κ3) is 4.79. The summed E-state index contributed by atoms with van der Waals surface area (Å²) in [6, 6.07) is 2.79. The zero-order chi connectivity index (χ0) is 17.1. The molecule has 22 heavy (non-hydrogen) atoms. The van der Waals surface area contributed by atoms with E-state index in [4.69, 9.17) is 5.11 Å². The largest absolute Gasteiger partial charge is 0.480 e. The molecule has 122 valence electrons. The molecule has 0 saturated heterocycles. The number of hydrogen-bond donors (Lipinski definition) is 3. The Balaban J connectivity index is 3.10. The average Bonchev–Trinajstić information content (AvgIpc) is 2.37. The van der Waals surface area contributed by atoms with E-state index in [1.54, 1.807) is 13.8 Å². The van der Waals surface area contributed by atoms with Gasteiger partial charge in [-0.25, -0.2) is 8.42 Å². The number of hydrogen-bond acceptors (Lipinski definition) is 4. The summed E-state index contributed by atoms with van der Waals surface area (Å²) in [4.78, 5) is 22.0. The maximum Gasteiger partial charge on any atom is 0.322 e. The fourth-order valence-electron chi connectivity index (χ4n) is 1.66. The van der Waals surface area contributed by atoms with Crippen molar-refractivity contribution in [2.24, 2.45) is 5.92 Å². The lowest BCUT2D eigenvalue weighted by molar-refractivity contribution is -0.140. The number of sulfonamides is 1. The van der Waals surface area contributed by atoms with Crippen molar-refractivity contribution in [1.82, 2.24) is 4.72 Å². The van der Waals surface area contributed by atoms with Crippen LogP contribution in [0.25, 0.3) is 0 Å². The van der Waals surface area contributed by atoms with Crippen LogP contribution in [0.1, 0.15) is 20.8 Å². The van der Waals surface area contributed by atoms with Crippen LogP contribution in [0.2, 0.25) is 0 Å². The van der Waals surface area contributed by atoms with Crippen molar-refractivity contribution in [3.05, 3.63) is 22.7 Å². The SMILES string of the molecule is CC(=O)Nc1ccc(S(=O)(=O)N[C@H](C(=O)O)C(C)C)cc1Br. The second-order valence-electron chi connectivity index (χ2n) is 5.00. The third-order valence-electron chi connectivity index (χ3n) is 2.78. The van der Waals surface area contributed by atoms with E-state index >= 15 is 0 Å². The first kappa shape index (κ1) is 18.6. The molecule has 0 unspecified atom stereocenters. The van der Waals surface area contributed by atoms with Gasteiger partial charge in [0.1, 0.15) is 6.04 Å². The molecule has 0 bridgehead atoms. The predicted molar refractivity (Wildman–Crippen MR) is 85.0 cm³/mol. The number of carbonyl (C=O) groups is 2. The monoisotopic (exact) mass is 392 g/mol. The molecule has 0 aliphatic heterocycles. The zero-order valence-electron chi connectivity index (χ0n) is 12.3. The lowest BCUT2D eigenvalue weighted by Gasteiger charge is -2.18. The molecule has 0 aliphatic rings. The summed E-state index contributed by atoms with van der Waals surface area (Å²) in [5, 5.41) is 11.6. The van der Waals surface area contributed by atoms with Gasteiger partial charge in [0.2, 0.25) is 15.9 Å². The summed E-state index contributed by atoms with van der Waals surface area (Å²) in [5.74, 6) is -1.94. The highest BCUT2D eigenvalue weighted by Crippen LogP contribution is 2.26. The first-order valence-corrected chi connectivity index (χ1v) is 8.64. The number of benzene rings is 1. The molecule has 1 atom stereocenters. The van der Waals surface area contributed by atoms with E-state index in [0.717, 1.165) is 0 Å². The van der Waals surface area contributed by atoms with Gasteiger partial charge in [-0.15, -0.1) is 0 Å². The van der Waals surface area contributed by atoms with Crippen molar-refractivity contribution in [3.63, 3.8) is 0 Å². The minimum atomic E-state index is -3.99. The van der Waals surface area contributed by atoms with Gasteiger partial charge in [0, 0.05) is 11.4 Å². The fourth-order valence-corrected chi connectivity index (χ4v) is 3.65. The predicted octanol–water partition coefficient (Wildman–Crippen LogP) is 1.79. The number of nitrogens with one attached hydrogen (secondary N) is 2. The number of carbonyl (C=O) groups excluding carboxylic acids is 1. The lowest BCUT2D eigenvalue weighted by atomic mass is 10.1. The second kappa shape index (κ2) is 7.21. The van der Waals surface area contributed by atoms with Gasteiger partial charge in [-0.1, -0.05) is 13.8 Å². The molecule has 7 nitrogen and oxygen atoms in total. The van der Waals surface area contributed by atoms with Gasteiger partial charge in [0.25, 0.3) is 0 Å². The molecule has 0 heterocycles. The summed E-state index contributed by atoms with van der Waals surface area (Å²) < 4.78 is 27.0. The van der Waals surface area contributed by atoms with Crippen LogP contribution in [0.4, 0.5) is 5.69 Å². The first-order chi connectivity index (χ1) is 10.0. The molecule has 1 aromatic rings. The van der Waals surface area contributed by atoms with Gasteiger partial charge in [-0.2, -0.15) is 4.72 Å². The van der Waals surface area contributed by atoms with Gasteiger partial charge in [-0.3, -0.25) is 9.59 Å². The topological polar surface area (TPSA) is 113 Å². The highest BCUT2D eigenvalue weighted by atomic mass is 79.9. The molecule has 1 rings (SSSR count). The van der Waals surface area contributed by atoms with Crippen LogP contribution in [0, 0.1) is 5.92 Å². The third-order valence-corrected chi connectivity index (χ3v) is 4.87. The quantitative estimate of drug-likeness (QED) is 0.682. The number of carboxylic acid groups (broad SMARTS) is 1. The first-order valence-electron chi connectivity index (χ1n) is 6.37. The number of anilines is 1. The van der Waals surface area contributed by atoms with E-state index in [9.17, 15) is 18.0 Å². The maximum atomic E-state index is 12.3. The van der Waals surface area contributed by atoms with E-state index < -0.39 is 28.0 Å². The van der Waals surface area contributed by atoms with Crippen LogP contribution in [0.3, 0.4) is 0 Å². The lowest BCUT2D eigenvalue weighted by Crippen LogP contribution is -2.44. The molecule has 0 aromatic heterocycles. The normalized spacial score (nSPS) is 13.0. The van der Waals surface area contributed by atoms with E-state index in [-0.39, 0.29) is 10.8 Å². The Morgan fingerprint density at radius 3 is 2.27 bits per heavy atom. The smallest absolute Gasteiger partial charge is 0.322 e. The van der Waals surface area contributed by atoms with E-state index in [1.165, 1.54) is 25.1 Å². The molecule has 0 fully saturated rings. The Labute approximate surface area is 137 Å². The van der Waals surface area contributed by atoms with Crippen molar-refractivity contribution in [2.45, 2.75) is 31.7 Å². The molecule has 0 saturated carbocycles. The highest BCUT2D eigenvalue weighted by molar-refractivity contribution is 9.10. The minimum absolute atomic E-state index is 0.0969. The van der Waals surface area contributed by atoms with Gasteiger partial charge >= 0.3 is 5.97 Å². The standard InChI is InChI=1S/C13H17BrN2O5S/c1-7(2)12(13(18)19)16-22(20,21)9-4-5-11(10(14)6-9)15-8(3)17/h4-7,12,16H,1-3H3,(H,15,17)(H,18,19)/t12-/m0/s1. The minimum Gasteiger partial charge on any atom is -0.480 e. The van der Waals surface area contributed by atoms with Gasteiger partial charge < -0.3 is 10.4 Å². The second-order valence-corrected chi connectivity index (χ2v) is 7.57. The average molecular weight is 393 g/mol. The van der Waals surface area contributed by atoms with E-state index in [1.807, 2.05) is 0 Å². The van der Waals surface area contributed by atoms with Crippen LogP contribution in [-0.4, -0.2) is 31.4 Å². The molecule has 3 N–H and O–H groups in total. The summed E-state index contributed by atoms with van der Waals surface area (Å²) >= 11 is 3.17. The number of rotatable bonds is 6. The molecular formula is C13H17BrN2O5S. The molecule has 1 aromatic carbocycles. The number of amides is 1. The van der Waals surface area contributed by atoms with Gasteiger partial charge in [0.05, 0.1) is 10.6 Å². The molecule has 0 radical (unpaired) electrons. The van der Waals surface area contributed by atoms with Crippen molar-refractivity contribution in [3.8, 4) is 0 Å². The highest BCUT2D eigenvalue weighted by Gasteiger charge is 2.28. The summed E-state index contributed by atoms with van der Waals surface area (Å²) in [6.45, 7) is 4.55. The van der Waals surface area contributed by atoms with Crippen LogP contribution in [0.5, 0.6) is 0 Å². The fraction of sp³-hybridized carbons (Fsp3) is 0.385. The number of carboxylic acids is 1. The number of halogens is 1. The molecule has 9 heteroatoms. The van der Waals surface area contributed by atoms with Gasteiger partial charge in [-0.05, 0) is 40.0 Å². The summed E-state index contributed by atoms with van der Waals surface area (Å²) in [6.07, 6.45) is 0. The summed E-state index contributed by atoms with van der Waals surface area (Å²) in [7, 11) is -3.99. The number of aliphatic carboxylic acids is 1. The van der Waals surface area contributed by atoms with Crippen molar-refractivity contribution >= 4 is 43.5 Å². The Morgan fingerprint density at radius 1 is 1.27 bits per heavy atom. The molecular weight excluding hydrogens is 376 g/mol. The van der Waals surface area contributed by atoms with Crippen LogP contribution >= 0.6 is 15.9 Å². The molecule has 0 aliphatic carbocycles. The van der Waals surface area contributed by atoms with E-state index in [0.29, 0.717) is 10.2 Å². The van der Waals surface area contributed by atoms with Crippen molar-refractivity contribution in [2.75, 3.05) is 5.32 Å². The van der Waals surface area contributed by atoms with Crippen molar-refractivity contribution < 1.29 is 23.1 Å². The zero-order valence-corrected chi connectivity index (χ0v) is 14.7. The Hall–Kier alpha value is -1.45. The van der Waals surface area contributed by atoms with Crippen molar-refractivity contribution in [1.29, 1.82) is 0 Å². The van der Waals surface area contributed by atoms with Gasteiger partial charge in [0.15, 0.2) is 0 Å². The molecule has 0 spiro atoms. The Kier molecular flexibility index (Phi) is 6.09. The summed E-state index contributed by atoms with van der Waals surface area (Å²) in [5.41, 5.74) is 0.421. The maximum absolute atomic E-state index is 12.3.